The van der Waals surface area contributed by atoms with Crippen LogP contribution in [0, 0.1) is 5.41 Å². The molecule has 1 amide bonds. The second kappa shape index (κ2) is 9.61. The van der Waals surface area contributed by atoms with Crippen LogP contribution >= 0.6 is 0 Å². The maximum atomic E-state index is 12.8. The fourth-order valence-electron chi connectivity index (χ4n) is 3.31. The number of nitrogens with two attached hydrogens (primary N) is 2. The van der Waals surface area contributed by atoms with Crippen molar-refractivity contribution in [1.82, 2.24) is 5.32 Å². The molecule has 7 nitrogen and oxygen atoms in total. The summed E-state index contributed by atoms with van der Waals surface area (Å²) in [5, 5.41) is 11.5. The minimum atomic E-state index is -4.44. The molecule has 10 heteroatoms. The van der Waals surface area contributed by atoms with Crippen molar-refractivity contribution in [3.8, 4) is 0 Å². The second-order valence-corrected chi connectivity index (χ2v) is 7.19. The molecule has 2 aromatic rings. The van der Waals surface area contributed by atoms with Gasteiger partial charge >= 0.3 is 6.18 Å². The number of guanidine groups is 1. The van der Waals surface area contributed by atoms with E-state index in [-0.39, 0.29) is 16.9 Å². The zero-order valence-corrected chi connectivity index (χ0v) is 16.7. The Bertz CT molecular complexity index is 983. The molecule has 31 heavy (non-hydrogen) atoms. The van der Waals surface area contributed by atoms with Crippen LogP contribution < -0.4 is 21.3 Å². The van der Waals surface area contributed by atoms with E-state index in [1.807, 2.05) is 6.07 Å². The minimum absolute atomic E-state index is 0.241. The van der Waals surface area contributed by atoms with Crippen molar-refractivity contribution >= 4 is 35.3 Å². The van der Waals surface area contributed by atoms with Gasteiger partial charge < -0.3 is 10.6 Å². The number of nitrogen functional groups attached to an aromatic ring is 1. The molecule has 2 aromatic carbocycles. The van der Waals surface area contributed by atoms with E-state index in [9.17, 15) is 18.0 Å². The Morgan fingerprint density at radius 3 is 2.61 bits per heavy atom. The van der Waals surface area contributed by atoms with E-state index in [0.717, 1.165) is 50.1 Å². The molecular weight excluding hydrogens is 409 g/mol. The molecule has 1 fully saturated rings. The Kier molecular flexibility index (Phi) is 6.91. The largest absolute Gasteiger partial charge is 0.416 e. The van der Waals surface area contributed by atoms with Gasteiger partial charge in [0, 0.05) is 30.5 Å². The van der Waals surface area contributed by atoms with Crippen LogP contribution in [0.2, 0.25) is 0 Å². The number of halogens is 3. The normalized spacial score (nSPS) is 14.6. The Labute approximate surface area is 177 Å². The maximum absolute atomic E-state index is 12.8. The molecule has 1 heterocycles. The van der Waals surface area contributed by atoms with Gasteiger partial charge in [0.05, 0.1) is 11.1 Å². The number of alkyl halides is 3. The quantitative estimate of drug-likeness (QED) is 0.338. The number of anilines is 2. The molecule has 0 spiro atoms. The molecule has 0 atom stereocenters. The van der Waals surface area contributed by atoms with Crippen molar-refractivity contribution < 1.29 is 23.3 Å². The molecule has 0 aliphatic carbocycles. The molecule has 0 aromatic heterocycles. The summed E-state index contributed by atoms with van der Waals surface area (Å²) in [7, 11) is 0. The standard InChI is InChI=1S/C21H23F3N6O/c22-21(23,24)14-5-4-6-15(11-14)27-13-28-20(26)29-19(31)17-12-16(7-8-18(17)25)30-9-2-1-3-10-30/h4-8,11-13H,1-3,9-10,25H2,(H3,26,27,28,29,31)/p+1. The Morgan fingerprint density at radius 1 is 1.16 bits per heavy atom. The molecule has 0 saturated carbocycles. The topological polar surface area (TPSA) is 111 Å². The molecule has 1 saturated heterocycles. The van der Waals surface area contributed by atoms with Gasteiger partial charge in [-0.2, -0.15) is 18.2 Å². The van der Waals surface area contributed by atoms with E-state index in [1.165, 1.54) is 23.9 Å². The lowest BCUT2D eigenvalue weighted by atomic mass is 10.1. The maximum Gasteiger partial charge on any atom is 0.416 e. The molecule has 164 valence electrons. The summed E-state index contributed by atoms with van der Waals surface area (Å²) in [4.78, 5) is 18.5. The molecule has 0 unspecified atom stereocenters. The number of carbonyl (C=O) groups is 1. The fourth-order valence-corrected chi connectivity index (χ4v) is 3.31. The minimum Gasteiger partial charge on any atom is -0.398 e. The molecule has 3 rings (SSSR count). The third kappa shape index (κ3) is 6.05. The van der Waals surface area contributed by atoms with E-state index < -0.39 is 23.6 Å². The number of hydrogen-bond acceptors (Lipinski definition) is 4. The van der Waals surface area contributed by atoms with E-state index in [4.69, 9.17) is 11.1 Å². The average Bonchev–Trinajstić information content (AvgIpc) is 2.74. The highest BCUT2D eigenvalue weighted by Gasteiger charge is 2.30. The van der Waals surface area contributed by atoms with Crippen LogP contribution in [0.25, 0.3) is 0 Å². The monoisotopic (exact) mass is 433 g/mol. The Morgan fingerprint density at radius 2 is 1.90 bits per heavy atom. The molecule has 1 aliphatic rings. The van der Waals surface area contributed by atoms with Gasteiger partial charge in [-0.15, -0.1) is 0 Å². The molecular formula is C21H24F3N6O+. The highest BCUT2D eigenvalue weighted by molar-refractivity contribution is 6.09. The number of hydrogen-bond donors (Lipinski definition) is 4. The average molecular weight is 433 g/mol. The SMILES string of the molecule is N=C(N=C[NH2+]c1cccc(C(F)(F)F)c1)NC(=O)c1cc(N2CCCCC2)ccc1N. The first-order chi connectivity index (χ1) is 14.7. The first kappa shape index (κ1) is 22.3. The zero-order chi connectivity index (χ0) is 22.4. The van der Waals surface area contributed by atoms with Gasteiger partial charge in [-0.05, 0) is 49.6 Å². The number of carbonyl (C=O) groups excluding carboxylic acids is 1. The van der Waals surface area contributed by atoms with Crippen LogP contribution in [-0.2, 0) is 6.18 Å². The fraction of sp³-hybridized carbons (Fsp3) is 0.286. The molecule has 0 radical (unpaired) electrons. The predicted molar refractivity (Wildman–Crippen MR) is 114 cm³/mol. The van der Waals surface area contributed by atoms with Crippen LogP contribution in [0.4, 0.5) is 30.2 Å². The number of nitrogens with one attached hydrogen (secondary N) is 2. The van der Waals surface area contributed by atoms with Gasteiger partial charge in [-0.3, -0.25) is 20.8 Å². The van der Waals surface area contributed by atoms with Crippen LogP contribution in [0.15, 0.2) is 47.5 Å². The summed E-state index contributed by atoms with van der Waals surface area (Å²) < 4.78 is 38.3. The van der Waals surface area contributed by atoms with E-state index in [0.29, 0.717) is 0 Å². The third-order valence-electron chi connectivity index (χ3n) is 4.92. The lowest BCUT2D eigenvalue weighted by molar-refractivity contribution is -0.433. The zero-order valence-electron chi connectivity index (χ0n) is 16.7. The number of aliphatic imine (C=N–C) groups is 1. The second-order valence-electron chi connectivity index (χ2n) is 7.19. The van der Waals surface area contributed by atoms with Crippen molar-refractivity contribution in [2.45, 2.75) is 25.4 Å². The summed E-state index contributed by atoms with van der Waals surface area (Å²) in [6.45, 7) is 1.83. The van der Waals surface area contributed by atoms with Gasteiger partial charge in [0.1, 0.15) is 5.69 Å². The molecule has 6 N–H and O–H groups in total. The van der Waals surface area contributed by atoms with Crippen LogP contribution in [0.1, 0.15) is 35.2 Å². The number of quaternary nitrogens is 1. The summed E-state index contributed by atoms with van der Waals surface area (Å²) in [5.74, 6) is -1.02. The van der Waals surface area contributed by atoms with Crippen molar-refractivity contribution in [1.29, 1.82) is 5.41 Å². The summed E-state index contributed by atoms with van der Waals surface area (Å²) >= 11 is 0. The smallest absolute Gasteiger partial charge is 0.398 e. The Hall–Kier alpha value is -3.40. The van der Waals surface area contributed by atoms with Gasteiger partial charge in [-0.25, -0.2) is 0 Å². The molecule has 1 aliphatic heterocycles. The summed E-state index contributed by atoms with van der Waals surface area (Å²) in [6.07, 6.45) is 0.0861. The highest BCUT2D eigenvalue weighted by Crippen LogP contribution is 2.29. The number of benzene rings is 2. The van der Waals surface area contributed by atoms with Gasteiger partial charge in [0.2, 0.25) is 5.96 Å². The number of amides is 1. The van der Waals surface area contributed by atoms with E-state index in [2.05, 4.69) is 15.2 Å². The van der Waals surface area contributed by atoms with Crippen molar-refractivity contribution in [3.63, 3.8) is 0 Å². The van der Waals surface area contributed by atoms with Gasteiger partial charge in [0.25, 0.3) is 5.91 Å². The summed E-state index contributed by atoms with van der Waals surface area (Å²) in [5.41, 5.74) is 6.85. The number of rotatable bonds is 4. The summed E-state index contributed by atoms with van der Waals surface area (Å²) in [6, 6.07) is 9.93. The van der Waals surface area contributed by atoms with Crippen molar-refractivity contribution in [3.05, 3.63) is 53.6 Å². The first-order valence-corrected chi connectivity index (χ1v) is 9.83. The first-order valence-electron chi connectivity index (χ1n) is 9.83. The number of nitrogens with zero attached hydrogens (tertiary/aromatic N) is 2. The van der Waals surface area contributed by atoms with Crippen molar-refractivity contribution in [2.24, 2.45) is 4.99 Å². The van der Waals surface area contributed by atoms with Gasteiger partial charge in [0.15, 0.2) is 6.34 Å². The molecule has 0 bridgehead atoms. The Balaban J connectivity index is 1.61. The highest BCUT2D eigenvalue weighted by atomic mass is 19.4. The third-order valence-corrected chi connectivity index (χ3v) is 4.92. The van der Waals surface area contributed by atoms with Crippen LogP contribution in [-0.4, -0.2) is 31.3 Å². The number of piperidine rings is 1. The van der Waals surface area contributed by atoms with E-state index in [1.54, 1.807) is 12.1 Å². The van der Waals surface area contributed by atoms with Gasteiger partial charge in [-0.1, -0.05) is 6.07 Å². The lowest BCUT2D eigenvalue weighted by Crippen LogP contribution is -2.76. The van der Waals surface area contributed by atoms with Crippen molar-refractivity contribution in [2.75, 3.05) is 23.7 Å². The van der Waals surface area contributed by atoms with E-state index >= 15 is 0 Å². The lowest BCUT2D eigenvalue weighted by Gasteiger charge is -2.29. The van der Waals surface area contributed by atoms with Crippen LogP contribution in [0.5, 0.6) is 0 Å². The van der Waals surface area contributed by atoms with Crippen LogP contribution in [0.3, 0.4) is 0 Å². The predicted octanol–water partition coefficient (Wildman–Crippen LogP) is 2.87.